The Bertz CT molecular complexity index is 358. The van der Waals surface area contributed by atoms with Gasteiger partial charge in [0.25, 0.3) is 5.97 Å². The van der Waals surface area contributed by atoms with Gasteiger partial charge in [-0.25, -0.2) is 14.4 Å². The Balaban J connectivity index is -0.000000297. The summed E-state index contributed by atoms with van der Waals surface area (Å²) in [6, 6.07) is 0. The SMILES string of the molecule is C=CC(=O)O.C=CC(=O)OCCOC(=O)C=C.CC(=O)O. The molecule has 21 heavy (non-hydrogen) atoms. The molecule has 0 radical (unpaired) electrons. The molecule has 118 valence electrons. The van der Waals surface area contributed by atoms with Crippen LogP contribution in [0.1, 0.15) is 6.92 Å². The molecule has 0 aliphatic heterocycles. The fraction of sp³-hybridized carbons (Fsp3) is 0.231. The van der Waals surface area contributed by atoms with Crippen molar-refractivity contribution in [3.05, 3.63) is 38.0 Å². The van der Waals surface area contributed by atoms with E-state index in [-0.39, 0.29) is 13.2 Å². The molecule has 0 heterocycles. The summed E-state index contributed by atoms with van der Waals surface area (Å²) in [5.74, 6) is -2.89. The average molecular weight is 302 g/mol. The first kappa shape index (κ1) is 23.2. The standard InChI is InChI=1S/C8H10O4.C3H4O2.C2H4O2/c1-3-7(9)11-5-6-12-8(10)4-2;1-2-3(4)5;1-2(3)4/h3-4H,1-2,5-6H2;2H,1H2,(H,4,5);1H3,(H,3,4). The molecule has 0 bridgehead atoms. The fourth-order valence-corrected chi connectivity index (χ4v) is 0.402. The Morgan fingerprint density at radius 3 is 1.24 bits per heavy atom. The number of esters is 2. The molecule has 0 fully saturated rings. The first-order valence-corrected chi connectivity index (χ1v) is 5.34. The van der Waals surface area contributed by atoms with Gasteiger partial charge in [-0.1, -0.05) is 19.7 Å². The van der Waals surface area contributed by atoms with Crippen LogP contribution in [0.25, 0.3) is 0 Å². The minimum absolute atomic E-state index is 0.0322. The van der Waals surface area contributed by atoms with E-state index in [4.69, 9.17) is 15.0 Å². The minimum Gasteiger partial charge on any atom is -0.481 e. The Labute approximate surface area is 122 Å². The number of carboxylic acid groups (broad SMARTS) is 2. The van der Waals surface area contributed by atoms with Crippen LogP contribution in [0, 0.1) is 0 Å². The maximum absolute atomic E-state index is 10.4. The predicted molar refractivity (Wildman–Crippen MR) is 73.5 cm³/mol. The zero-order chi connectivity index (χ0) is 17.3. The molecule has 8 heteroatoms. The van der Waals surface area contributed by atoms with Gasteiger partial charge in [-0.2, -0.15) is 0 Å². The largest absolute Gasteiger partial charge is 0.481 e. The van der Waals surface area contributed by atoms with Crippen molar-refractivity contribution in [1.82, 2.24) is 0 Å². The topological polar surface area (TPSA) is 127 Å². The van der Waals surface area contributed by atoms with Gasteiger partial charge < -0.3 is 19.7 Å². The molecule has 0 rings (SSSR count). The second-order valence-electron chi connectivity index (χ2n) is 2.80. The van der Waals surface area contributed by atoms with Crippen LogP contribution in [0.5, 0.6) is 0 Å². The molecule has 0 amide bonds. The predicted octanol–water partition coefficient (Wildman–Crippen LogP) is 0.793. The summed E-state index contributed by atoms with van der Waals surface area (Å²) in [5.41, 5.74) is 0. The lowest BCUT2D eigenvalue weighted by atomic mass is 10.6. The van der Waals surface area contributed by atoms with E-state index in [1.165, 1.54) is 0 Å². The third-order valence-corrected chi connectivity index (χ3v) is 1.08. The Morgan fingerprint density at radius 1 is 0.857 bits per heavy atom. The molecule has 0 aromatic carbocycles. The molecule has 0 aromatic heterocycles. The number of aliphatic carboxylic acids is 2. The maximum Gasteiger partial charge on any atom is 0.330 e. The molecule has 0 unspecified atom stereocenters. The van der Waals surface area contributed by atoms with Crippen LogP contribution in [-0.2, 0) is 28.7 Å². The van der Waals surface area contributed by atoms with Gasteiger partial charge in [-0.05, 0) is 0 Å². The molecular formula is C13H18O8. The summed E-state index contributed by atoms with van der Waals surface area (Å²) in [4.78, 5) is 39.1. The van der Waals surface area contributed by atoms with Gasteiger partial charge in [0.05, 0.1) is 0 Å². The van der Waals surface area contributed by atoms with Crippen molar-refractivity contribution in [1.29, 1.82) is 0 Å². The number of hydrogen-bond donors (Lipinski definition) is 2. The highest BCUT2D eigenvalue weighted by molar-refractivity contribution is 5.81. The summed E-state index contributed by atoms with van der Waals surface area (Å²) >= 11 is 0. The summed E-state index contributed by atoms with van der Waals surface area (Å²) in [6.45, 7) is 10.5. The minimum atomic E-state index is -0.981. The Kier molecular flexibility index (Phi) is 18.9. The molecule has 0 atom stereocenters. The lowest BCUT2D eigenvalue weighted by molar-refractivity contribution is -0.146. The number of carbonyl (C=O) groups excluding carboxylic acids is 2. The first-order valence-electron chi connectivity index (χ1n) is 5.34. The van der Waals surface area contributed by atoms with Gasteiger partial charge in [0.15, 0.2) is 0 Å². The summed E-state index contributed by atoms with van der Waals surface area (Å²) < 4.78 is 9.04. The first-order chi connectivity index (χ1) is 9.70. The molecule has 0 aliphatic rings. The molecule has 8 nitrogen and oxygen atoms in total. The van der Waals surface area contributed by atoms with E-state index in [9.17, 15) is 14.4 Å². The van der Waals surface area contributed by atoms with Crippen molar-refractivity contribution >= 4 is 23.9 Å². The van der Waals surface area contributed by atoms with Gasteiger partial charge in [0, 0.05) is 25.2 Å². The second kappa shape index (κ2) is 17.1. The van der Waals surface area contributed by atoms with Crippen molar-refractivity contribution in [2.75, 3.05) is 13.2 Å². The fourth-order valence-electron chi connectivity index (χ4n) is 0.402. The Morgan fingerprint density at radius 2 is 1.10 bits per heavy atom. The number of ether oxygens (including phenoxy) is 2. The number of carboxylic acids is 2. The van der Waals surface area contributed by atoms with Crippen LogP contribution < -0.4 is 0 Å². The van der Waals surface area contributed by atoms with Crippen molar-refractivity contribution in [2.24, 2.45) is 0 Å². The molecule has 0 spiro atoms. The summed E-state index contributed by atoms with van der Waals surface area (Å²) in [5, 5.41) is 15.0. The molecule has 0 aromatic rings. The third kappa shape index (κ3) is 38.2. The number of rotatable bonds is 6. The van der Waals surface area contributed by atoms with Gasteiger partial charge in [-0.15, -0.1) is 0 Å². The quantitative estimate of drug-likeness (QED) is 0.419. The van der Waals surface area contributed by atoms with E-state index in [1.54, 1.807) is 0 Å². The lowest BCUT2D eigenvalue weighted by Crippen LogP contribution is -2.10. The monoisotopic (exact) mass is 302 g/mol. The van der Waals surface area contributed by atoms with E-state index >= 15 is 0 Å². The highest BCUT2D eigenvalue weighted by Gasteiger charge is 1.97. The van der Waals surface area contributed by atoms with Crippen LogP contribution in [0.3, 0.4) is 0 Å². The Hall–Kier alpha value is -2.90. The van der Waals surface area contributed by atoms with Gasteiger partial charge >= 0.3 is 17.9 Å². The summed E-state index contributed by atoms with van der Waals surface area (Å²) in [7, 11) is 0. The van der Waals surface area contributed by atoms with E-state index < -0.39 is 23.9 Å². The second-order valence-corrected chi connectivity index (χ2v) is 2.80. The zero-order valence-corrected chi connectivity index (χ0v) is 11.6. The van der Waals surface area contributed by atoms with E-state index in [0.29, 0.717) is 0 Å². The van der Waals surface area contributed by atoms with Crippen molar-refractivity contribution in [3.8, 4) is 0 Å². The molecule has 0 saturated heterocycles. The van der Waals surface area contributed by atoms with Gasteiger partial charge in [0.1, 0.15) is 13.2 Å². The average Bonchev–Trinajstić information content (AvgIpc) is 2.42. The van der Waals surface area contributed by atoms with Crippen molar-refractivity contribution in [2.45, 2.75) is 6.92 Å². The molecular weight excluding hydrogens is 284 g/mol. The van der Waals surface area contributed by atoms with E-state index in [2.05, 4.69) is 29.2 Å². The highest BCUT2D eigenvalue weighted by Crippen LogP contribution is 1.82. The normalized spacial score (nSPS) is 7.48. The van der Waals surface area contributed by atoms with Gasteiger partial charge in [-0.3, -0.25) is 4.79 Å². The number of carbonyl (C=O) groups is 4. The lowest BCUT2D eigenvalue weighted by Gasteiger charge is -2.01. The van der Waals surface area contributed by atoms with Crippen molar-refractivity contribution in [3.63, 3.8) is 0 Å². The third-order valence-electron chi connectivity index (χ3n) is 1.08. The van der Waals surface area contributed by atoms with Crippen LogP contribution >= 0.6 is 0 Å². The van der Waals surface area contributed by atoms with Gasteiger partial charge in [0.2, 0.25) is 0 Å². The highest BCUT2D eigenvalue weighted by atomic mass is 16.6. The molecule has 2 N–H and O–H groups in total. The molecule has 0 saturated carbocycles. The van der Waals surface area contributed by atoms with Crippen LogP contribution in [0.4, 0.5) is 0 Å². The van der Waals surface area contributed by atoms with E-state index in [1.807, 2.05) is 0 Å². The van der Waals surface area contributed by atoms with Crippen molar-refractivity contribution < 1.29 is 38.9 Å². The summed E-state index contributed by atoms with van der Waals surface area (Å²) in [6.07, 6.45) is 2.91. The molecule has 0 aliphatic carbocycles. The van der Waals surface area contributed by atoms with Crippen LogP contribution in [0.15, 0.2) is 38.0 Å². The van der Waals surface area contributed by atoms with Crippen LogP contribution in [-0.4, -0.2) is 47.3 Å². The smallest absolute Gasteiger partial charge is 0.330 e. The van der Waals surface area contributed by atoms with Crippen LogP contribution in [0.2, 0.25) is 0 Å². The zero-order valence-electron chi connectivity index (χ0n) is 11.6. The number of hydrogen-bond acceptors (Lipinski definition) is 6. The van der Waals surface area contributed by atoms with E-state index in [0.717, 1.165) is 25.2 Å². The maximum atomic E-state index is 10.4.